The van der Waals surface area contributed by atoms with E-state index in [1.807, 2.05) is 48.2 Å². The van der Waals surface area contributed by atoms with Gasteiger partial charge in [-0.15, -0.1) is 0 Å². The molecule has 172 valence electrons. The van der Waals surface area contributed by atoms with Gasteiger partial charge in [0.15, 0.2) is 0 Å². The second-order valence-electron chi connectivity index (χ2n) is 8.73. The molecule has 32 heavy (non-hydrogen) atoms. The molecule has 0 bridgehead atoms. The summed E-state index contributed by atoms with van der Waals surface area (Å²) in [7, 11) is -1.98. The van der Waals surface area contributed by atoms with Crippen molar-refractivity contribution >= 4 is 27.5 Å². The van der Waals surface area contributed by atoms with Crippen molar-refractivity contribution in [2.45, 2.75) is 33.2 Å². The van der Waals surface area contributed by atoms with E-state index in [1.54, 1.807) is 18.3 Å². The predicted molar refractivity (Wildman–Crippen MR) is 128 cm³/mol. The van der Waals surface area contributed by atoms with Crippen molar-refractivity contribution in [3.05, 3.63) is 59.2 Å². The van der Waals surface area contributed by atoms with Crippen LogP contribution in [-0.4, -0.2) is 63.3 Å². The molecule has 1 amide bonds. The number of anilines is 2. The van der Waals surface area contributed by atoms with E-state index in [2.05, 4.69) is 11.0 Å². The van der Waals surface area contributed by atoms with Crippen molar-refractivity contribution < 1.29 is 13.2 Å². The van der Waals surface area contributed by atoms with Crippen LogP contribution in [-0.2, 0) is 28.0 Å². The monoisotopic (exact) mass is 456 g/mol. The molecule has 0 saturated carbocycles. The van der Waals surface area contributed by atoms with E-state index in [4.69, 9.17) is 0 Å². The molecule has 0 N–H and O–H groups in total. The van der Waals surface area contributed by atoms with Crippen LogP contribution in [0.3, 0.4) is 0 Å². The highest BCUT2D eigenvalue weighted by Crippen LogP contribution is 2.34. The van der Waals surface area contributed by atoms with E-state index in [0.29, 0.717) is 13.1 Å². The number of rotatable bonds is 5. The average molecular weight is 457 g/mol. The maximum Gasteiger partial charge on any atom is 0.304 e. The number of piperazine rings is 1. The zero-order valence-electron chi connectivity index (χ0n) is 19.1. The molecule has 2 heterocycles. The number of amides is 1. The Balaban J connectivity index is 1.52. The summed E-state index contributed by atoms with van der Waals surface area (Å²) >= 11 is 0. The topological polar surface area (TPSA) is 64.2 Å². The molecule has 0 radical (unpaired) electrons. The number of fused-ring (bicyclic) bond motifs is 1. The van der Waals surface area contributed by atoms with E-state index in [0.717, 1.165) is 67.1 Å². The van der Waals surface area contributed by atoms with Crippen LogP contribution in [0.5, 0.6) is 0 Å². The molecule has 0 unspecified atom stereocenters. The fourth-order valence-electron chi connectivity index (χ4n) is 4.58. The highest BCUT2D eigenvalue weighted by Gasteiger charge is 2.31. The van der Waals surface area contributed by atoms with Crippen molar-refractivity contribution in [1.82, 2.24) is 9.21 Å². The minimum absolute atomic E-state index is 0.116. The van der Waals surface area contributed by atoms with Gasteiger partial charge in [-0.05, 0) is 49.1 Å². The zero-order chi connectivity index (χ0) is 22.9. The van der Waals surface area contributed by atoms with Gasteiger partial charge in [-0.3, -0.25) is 9.10 Å². The van der Waals surface area contributed by atoms with Crippen molar-refractivity contribution in [1.29, 1.82) is 0 Å². The summed E-state index contributed by atoms with van der Waals surface area (Å²) in [6.07, 6.45) is 1.66. The molecule has 1 saturated heterocycles. The van der Waals surface area contributed by atoms with Crippen molar-refractivity contribution in [3.8, 4) is 0 Å². The van der Waals surface area contributed by atoms with E-state index in [9.17, 15) is 13.2 Å². The number of aryl methyl sites for hydroxylation is 2. The molecule has 2 aromatic carbocycles. The minimum atomic E-state index is -3.63. The molecular weight excluding hydrogens is 424 g/mol. The van der Waals surface area contributed by atoms with E-state index in [1.165, 1.54) is 4.31 Å². The third-order valence-corrected chi connectivity index (χ3v) is 8.24. The van der Waals surface area contributed by atoms with Gasteiger partial charge >= 0.3 is 10.2 Å². The summed E-state index contributed by atoms with van der Waals surface area (Å²) in [5.41, 5.74) is 5.04. The van der Waals surface area contributed by atoms with Crippen LogP contribution < -0.4 is 9.21 Å². The van der Waals surface area contributed by atoms with Gasteiger partial charge < -0.3 is 9.80 Å². The Bertz CT molecular complexity index is 1090. The summed E-state index contributed by atoms with van der Waals surface area (Å²) in [5, 5.41) is 0. The summed E-state index contributed by atoms with van der Waals surface area (Å²) < 4.78 is 29.8. The van der Waals surface area contributed by atoms with Crippen LogP contribution in [0.4, 0.5) is 11.4 Å². The molecule has 2 aliphatic heterocycles. The summed E-state index contributed by atoms with van der Waals surface area (Å²) in [4.78, 5) is 15.7. The average Bonchev–Trinajstić information content (AvgIpc) is 2.78. The summed E-state index contributed by atoms with van der Waals surface area (Å²) in [5.74, 6) is 0.116. The largest absolute Gasteiger partial charge is 0.368 e. The Morgan fingerprint density at radius 1 is 1.03 bits per heavy atom. The van der Waals surface area contributed by atoms with Gasteiger partial charge in [0.05, 0.1) is 5.69 Å². The second-order valence-corrected chi connectivity index (χ2v) is 10.7. The molecule has 1 fully saturated rings. The van der Waals surface area contributed by atoms with Crippen molar-refractivity contribution in [3.63, 3.8) is 0 Å². The Morgan fingerprint density at radius 3 is 2.47 bits per heavy atom. The Labute approximate surface area is 191 Å². The number of hydrogen-bond donors (Lipinski definition) is 0. The first-order valence-electron chi connectivity index (χ1n) is 11.2. The predicted octanol–water partition coefficient (Wildman–Crippen LogP) is 2.79. The van der Waals surface area contributed by atoms with Gasteiger partial charge in [0.25, 0.3) is 0 Å². The molecule has 0 aliphatic carbocycles. The number of carbonyl (C=O) groups is 1. The lowest BCUT2D eigenvalue weighted by molar-refractivity contribution is -0.129. The highest BCUT2D eigenvalue weighted by atomic mass is 32.2. The number of hydrogen-bond acceptors (Lipinski definition) is 4. The highest BCUT2D eigenvalue weighted by molar-refractivity contribution is 7.90. The normalized spacial score (nSPS) is 16.9. The van der Waals surface area contributed by atoms with Gasteiger partial charge in [0.2, 0.25) is 5.91 Å². The second kappa shape index (κ2) is 9.11. The van der Waals surface area contributed by atoms with E-state index >= 15 is 0 Å². The Morgan fingerprint density at radius 2 is 1.78 bits per heavy atom. The Kier molecular flexibility index (Phi) is 6.44. The number of benzene rings is 2. The first-order valence-corrected chi connectivity index (χ1v) is 12.6. The zero-order valence-corrected chi connectivity index (χ0v) is 19.9. The molecular formula is C24H32N4O3S. The van der Waals surface area contributed by atoms with Gasteiger partial charge in [0.1, 0.15) is 0 Å². The van der Waals surface area contributed by atoms with E-state index < -0.39 is 10.2 Å². The van der Waals surface area contributed by atoms with Crippen LogP contribution in [0.15, 0.2) is 42.5 Å². The lowest BCUT2D eigenvalue weighted by Crippen LogP contribution is -2.48. The van der Waals surface area contributed by atoms with E-state index in [-0.39, 0.29) is 5.91 Å². The van der Waals surface area contributed by atoms with Crippen LogP contribution in [0.2, 0.25) is 0 Å². The molecule has 4 rings (SSSR count). The molecule has 7 nitrogen and oxygen atoms in total. The van der Waals surface area contributed by atoms with Crippen molar-refractivity contribution in [2.75, 3.05) is 49.0 Å². The fourth-order valence-corrected chi connectivity index (χ4v) is 6.02. The summed E-state index contributed by atoms with van der Waals surface area (Å²) in [6, 6.07) is 14.0. The number of nitrogens with zero attached hydrogens (tertiary/aromatic N) is 4. The smallest absolute Gasteiger partial charge is 0.304 e. The Hall–Kier alpha value is -2.58. The van der Waals surface area contributed by atoms with Gasteiger partial charge in [-0.25, -0.2) is 0 Å². The summed E-state index contributed by atoms with van der Waals surface area (Å²) in [6.45, 7) is 7.47. The van der Waals surface area contributed by atoms with Crippen LogP contribution in [0.25, 0.3) is 0 Å². The standard InChI is InChI=1S/C24H32N4O3S/c1-19-6-4-7-21(16-19)18-25(3)32(30,31)28-11-5-8-22-17-23(9-10-24(22)28)27-14-12-26(13-15-27)20(2)29/h4,6-7,9-10,16-17H,5,8,11-15,18H2,1-3H3. The first-order chi connectivity index (χ1) is 15.3. The quantitative estimate of drug-likeness (QED) is 0.694. The minimum Gasteiger partial charge on any atom is -0.368 e. The third-order valence-electron chi connectivity index (χ3n) is 6.39. The van der Waals surface area contributed by atoms with Gasteiger partial charge in [0, 0.05) is 58.9 Å². The fraction of sp³-hybridized carbons (Fsp3) is 0.458. The molecule has 2 aromatic rings. The van der Waals surface area contributed by atoms with Crippen LogP contribution >= 0.6 is 0 Å². The molecule has 8 heteroatoms. The van der Waals surface area contributed by atoms with Gasteiger partial charge in [-0.1, -0.05) is 29.8 Å². The third kappa shape index (κ3) is 4.61. The molecule has 2 aliphatic rings. The van der Waals surface area contributed by atoms with Gasteiger partial charge in [-0.2, -0.15) is 12.7 Å². The SMILES string of the molecule is CC(=O)N1CCN(c2ccc3c(c2)CCCN3S(=O)(=O)N(C)Cc2cccc(C)c2)CC1. The lowest BCUT2D eigenvalue weighted by Gasteiger charge is -2.37. The first kappa shape index (κ1) is 22.6. The molecule has 0 atom stereocenters. The lowest BCUT2D eigenvalue weighted by atomic mass is 10.0. The number of carbonyl (C=O) groups excluding carboxylic acids is 1. The molecule has 0 aromatic heterocycles. The maximum atomic E-state index is 13.4. The van der Waals surface area contributed by atoms with Crippen LogP contribution in [0, 0.1) is 6.92 Å². The maximum absolute atomic E-state index is 13.4. The van der Waals surface area contributed by atoms with Crippen LogP contribution in [0.1, 0.15) is 30.0 Å². The van der Waals surface area contributed by atoms with Crippen molar-refractivity contribution in [2.24, 2.45) is 0 Å². The molecule has 0 spiro atoms.